The molecule has 2 aromatic rings. The third kappa shape index (κ3) is 4.83. The summed E-state index contributed by atoms with van der Waals surface area (Å²) in [6, 6.07) is 11.3. The van der Waals surface area contributed by atoms with Crippen LogP contribution in [0.3, 0.4) is 0 Å². The highest BCUT2D eigenvalue weighted by atomic mass is 35.5. The van der Waals surface area contributed by atoms with E-state index in [1.807, 2.05) is 50.2 Å². The maximum Gasteiger partial charge on any atom is 0.320 e. The molecule has 1 heterocycles. The van der Waals surface area contributed by atoms with Crippen molar-refractivity contribution in [2.75, 3.05) is 0 Å². The minimum absolute atomic E-state index is 0.346. The van der Waals surface area contributed by atoms with Gasteiger partial charge < -0.3 is 5.11 Å². The van der Waals surface area contributed by atoms with E-state index in [2.05, 4.69) is 5.32 Å². The van der Waals surface area contributed by atoms with E-state index in [0.717, 1.165) is 15.3 Å². The van der Waals surface area contributed by atoms with E-state index in [1.165, 1.54) is 0 Å². The quantitative estimate of drug-likeness (QED) is 0.772. The fourth-order valence-electron chi connectivity index (χ4n) is 2.24. The predicted octanol–water partition coefficient (Wildman–Crippen LogP) is 4.66. The number of nitrogens with one attached hydrogen (secondary N) is 1. The maximum atomic E-state index is 11.2. The van der Waals surface area contributed by atoms with Gasteiger partial charge >= 0.3 is 5.97 Å². The highest BCUT2D eigenvalue weighted by Gasteiger charge is 2.18. The largest absolute Gasteiger partial charge is 0.480 e. The summed E-state index contributed by atoms with van der Waals surface area (Å²) in [5.41, 5.74) is 1.08. The van der Waals surface area contributed by atoms with Crippen LogP contribution in [0.25, 0.3) is 10.4 Å². The second kappa shape index (κ2) is 7.77. The minimum atomic E-state index is -0.791. The number of benzene rings is 1. The molecule has 0 amide bonds. The first-order valence-corrected chi connectivity index (χ1v) is 8.46. The van der Waals surface area contributed by atoms with Crippen LogP contribution < -0.4 is 5.32 Å². The van der Waals surface area contributed by atoms with E-state index in [0.29, 0.717) is 23.9 Å². The SMILES string of the molecule is CC(C)C[C@@H](NCc1ccc(-c2cccc(Cl)c2)s1)C(=O)O. The summed E-state index contributed by atoms with van der Waals surface area (Å²) in [5.74, 6) is -0.445. The van der Waals surface area contributed by atoms with Crippen LogP contribution in [-0.4, -0.2) is 17.1 Å². The number of carbonyl (C=O) groups is 1. The van der Waals surface area contributed by atoms with Crippen LogP contribution in [0.5, 0.6) is 0 Å². The second-order valence-electron chi connectivity index (χ2n) is 5.68. The molecule has 0 spiro atoms. The van der Waals surface area contributed by atoms with E-state index < -0.39 is 12.0 Å². The van der Waals surface area contributed by atoms with Crippen LogP contribution in [0, 0.1) is 5.92 Å². The van der Waals surface area contributed by atoms with Crippen molar-refractivity contribution in [2.45, 2.75) is 32.9 Å². The lowest BCUT2D eigenvalue weighted by atomic mass is 10.0. The van der Waals surface area contributed by atoms with Crippen LogP contribution in [0.4, 0.5) is 0 Å². The first-order valence-electron chi connectivity index (χ1n) is 7.26. The number of thiophene rings is 1. The summed E-state index contributed by atoms with van der Waals surface area (Å²) in [4.78, 5) is 13.5. The van der Waals surface area contributed by atoms with Crippen LogP contribution in [0.15, 0.2) is 36.4 Å². The smallest absolute Gasteiger partial charge is 0.320 e. The molecule has 2 rings (SSSR count). The molecule has 1 aromatic carbocycles. The normalized spacial score (nSPS) is 12.5. The van der Waals surface area contributed by atoms with Gasteiger partial charge in [-0.2, -0.15) is 0 Å². The first-order chi connectivity index (χ1) is 10.5. The lowest BCUT2D eigenvalue weighted by Gasteiger charge is -2.15. The van der Waals surface area contributed by atoms with Gasteiger partial charge in [-0.1, -0.05) is 37.6 Å². The predicted molar refractivity (Wildman–Crippen MR) is 92.5 cm³/mol. The average Bonchev–Trinajstić information content (AvgIpc) is 2.91. The molecule has 0 fully saturated rings. The third-order valence-corrected chi connectivity index (χ3v) is 4.67. The van der Waals surface area contributed by atoms with Crippen molar-refractivity contribution in [1.82, 2.24) is 5.32 Å². The van der Waals surface area contributed by atoms with E-state index in [9.17, 15) is 9.90 Å². The Bertz CT molecular complexity index is 639. The highest BCUT2D eigenvalue weighted by Crippen LogP contribution is 2.29. The molecule has 0 radical (unpaired) electrons. The summed E-state index contributed by atoms with van der Waals surface area (Å²) in [6.45, 7) is 4.62. The summed E-state index contributed by atoms with van der Waals surface area (Å²) in [5, 5.41) is 13.1. The van der Waals surface area contributed by atoms with Crippen molar-refractivity contribution in [3.63, 3.8) is 0 Å². The van der Waals surface area contributed by atoms with Gasteiger partial charge in [-0.3, -0.25) is 10.1 Å². The molecule has 1 aromatic heterocycles. The Hall–Kier alpha value is -1.36. The second-order valence-corrected chi connectivity index (χ2v) is 7.28. The lowest BCUT2D eigenvalue weighted by Crippen LogP contribution is -2.37. The Kier molecular flexibility index (Phi) is 6.00. The molecule has 118 valence electrons. The van der Waals surface area contributed by atoms with Crippen molar-refractivity contribution < 1.29 is 9.90 Å². The molecule has 2 N–H and O–H groups in total. The maximum absolute atomic E-state index is 11.2. The molecular weight excluding hydrogens is 318 g/mol. The van der Waals surface area contributed by atoms with Gasteiger partial charge in [0, 0.05) is 21.3 Å². The molecule has 3 nitrogen and oxygen atoms in total. The van der Waals surface area contributed by atoms with E-state index in [4.69, 9.17) is 11.6 Å². The van der Waals surface area contributed by atoms with Crippen molar-refractivity contribution in [2.24, 2.45) is 5.92 Å². The average molecular weight is 338 g/mol. The molecule has 0 saturated carbocycles. The number of carboxylic acid groups (broad SMARTS) is 1. The summed E-state index contributed by atoms with van der Waals surface area (Å²) < 4.78 is 0. The Morgan fingerprint density at radius 1 is 1.32 bits per heavy atom. The molecule has 0 aliphatic heterocycles. The molecule has 0 aliphatic rings. The minimum Gasteiger partial charge on any atom is -0.480 e. The molecule has 0 bridgehead atoms. The number of aliphatic carboxylic acids is 1. The van der Waals surface area contributed by atoms with Gasteiger partial charge in [0.1, 0.15) is 6.04 Å². The number of halogens is 1. The number of hydrogen-bond donors (Lipinski definition) is 2. The number of rotatable bonds is 7. The van der Waals surface area contributed by atoms with Crippen LogP contribution in [-0.2, 0) is 11.3 Å². The summed E-state index contributed by atoms with van der Waals surface area (Å²) in [6.07, 6.45) is 0.627. The van der Waals surface area contributed by atoms with Gasteiger partial charge in [0.2, 0.25) is 0 Å². The Labute approximate surface area is 139 Å². The van der Waals surface area contributed by atoms with E-state index in [1.54, 1.807) is 11.3 Å². The van der Waals surface area contributed by atoms with E-state index >= 15 is 0 Å². The lowest BCUT2D eigenvalue weighted by molar-refractivity contribution is -0.140. The molecule has 0 unspecified atom stereocenters. The summed E-state index contributed by atoms with van der Waals surface area (Å²) in [7, 11) is 0. The van der Waals surface area contributed by atoms with Gasteiger partial charge in [-0.05, 0) is 42.2 Å². The molecule has 1 atom stereocenters. The molecular formula is C17H20ClNO2S. The zero-order valence-electron chi connectivity index (χ0n) is 12.7. The summed E-state index contributed by atoms with van der Waals surface area (Å²) >= 11 is 7.67. The zero-order valence-corrected chi connectivity index (χ0v) is 14.2. The Morgan fingerprint density at radius 2 is 2.09 bits per heavy atom. The highest BCUT2D eigenvalue weighted by molar-refractivity contribution is 7.15. The van der Waals surface area contributed by atoms with Crippen LogP contribution >= 0.6 is 22.9 Å². The van der Waals surface area contributed by atoms with Crippen molar-refractivity contribution in [1.29, 1.82) is 0 Å². The topological polar surface area (TPSA) is 49.3 Å². The zero-order chi connectivity index (χ0) is 16.1. The van der Waals surface area contributed by atoms with E-state index in [-0.39, 0.29) is 0 Å². The fourth-order valence-corrected chi connectivity index (χ4v) is 3.38. The van der Waals surface area contributed by atoms with Crippen molar-refractivity contribution in [3.8, 4) is 10.4 Å². The Morgan fingerprint density at radius 3 is 2.73 bits per heavy atom. The fraction of sp³-hybridized carbons (Fsp3) is 0.353. The van der Waals surface area contributed by atoms with Gasteiger partial charge in [-0.25, -0.2) is 0 Å². The van der Waals surface area contributed by atoms with Crippen molar-refractivity contribution >= 4 is 28.9 Å². The van der Waals surface area contributed by atoms with Gasteiger partial charge in [0.05, 0.1) is 0 Å². The molecule has 22 heavy (non-hydrogen) atoms. The number of hydrogen-bond acceptors (Lipinski definition) is 3. The van der Waals surface area contributed by atoms with Crippen LogP contribution in [0.2, 0.25) is 5.02 Å². The molecule has 5 heteroatoms. The standard InChI is InChI=1S/C17H20ClNO2S/c1-11(2)8-15(17(20)21)19-10-14-6-7-16(22-14)12-4-3-5-13(18)9-12/h3-7,9,11,15,19H,8,10H2,1-2H3,(H,20,21)/t15-/m1/s1. The van der Waals surface area contributed by atoms with Crippen LogP contribution in [0.1, 0.15) is 25.1 Å². The van der Waals surface area contributed by atoms with Gasteiger partial charge in [0.15, 0.2) is 0 Å². The van der Waals surface area contributed by atoms with Gasteiger partial charge in [-0.15, -0.1) is 11.3 Å². The monoisotopic (exact) mass is 337 g/mol. The Balaban J connectivity index is 2.01. The first kappa shape index (κ1) is 17.0. The molecule has 0 aliphatic carbocycles. The molecule has 0 saturated heterocycles. The van der Waals surface area contributed by atoms with Gasteiger partial charge in [0.25, 0.3) is 0 Å². The van der Waals surface area contributed by atoms with Crippen molar-refractivity contribution in [3.05, 3.63) is 46.3 Å². The number of carboxylic acids is 1. The third-order valence-electron chi connectivity index (χ3n) is 3.30.